The van der Waals surface area contributed by atoms with Crippen LogP contribution >= 0.6 is 11.7 Å². The summed E-state index contributed by atoms with van der Waals surface area (Å²) >= 11 is 1.28. The van der Waals surface area contributed by atoms with Crippen LogP contribution in [0.2, 0.25) is 0 Å². The summed E-state index contributed by atoms with van der Waals surface area (Å²) in [4.78, 5) is 0. The number of halogens is 2. The van der Waals surface area contributed by atoms with Gasteiger partial charge in [-0.2, -0.15) is 8.75 Å². The molecular formula is C43H40Br2N4S. The zero-order valence-electron chi connectivity index (χ0n) is 28.5. The van der Waals surface area contributed by atoms with Crippen molar-refractivity contribution >= 4 is 33.9 Å². The lowest BCUT2D eigenvalue weighted by molar-refractivity contribution is -0.873. The Morgan fingerprint density at radius 1 is 0.520 bits per heavy atom. The van der Waals surface area contributed by atoms with Crippen LogP contribution in [0.1, 0.15) is 28.7 Å². The second-order valence-electron chi connectivity index (χ2n) is 13.2. The average Bonchev–Trinajstić information content (AvgIpc) is 3.62. The smallest absolute Gasteiger partial charge is 0.169 e. The third kappa shape index (κ3) is 8.36. The molecule has 7 rings (SSSR count). The molecule has 0 atom stereocenters. The molecule has 0 aliphatic carbocycles. The normalized spacial score (nSPS) is 11.0. The molecule has 0 spiro atoms. The Morgan fingerprint density at radius 3 is 1.34 bits per heavy atom. The van der Waals surface area contributed by atoms with E-state index in [1.165, 1.54) is 39.6 Å². The van der Waals surface area contributed by atoms with Crippen molar-refractivity contribution in [3.05, 3.63) is 174 Å². The molecule has 7 aromatic rings. The molecule has 0 unspecified atom stereocenters. The number of hydrogen-bond acceptors (Lipinski definition) is 3. The number of nitrogens with zero attached hydrogens (tertiary/aromatic N) is 4. The highest BCUT2D eigenvalue weighted by atomic mass is 79.9. The molecule has 50 heavy (non-hydrogen) atoms. The molecule has 0 radical (unpaired) electrons. The molecule has 0 aliphatic heterocycles. The van der Waals surface area contributed by atoms with E-state index in [9.17, 15) is 0 Å². The number of fused-ring (bicyclic) bond motifs is 1. The van der Waals surface area contributed by atoms with Crippen LogP contribution in [0.15, 0.2) is 152 Å². The fourth-order valence-electron chi connectivity index (χ4n) is 6.39. The summed E-state index contributed by atoms with van der Waals surface area (Å²) in [5.41, 5.74) is 13.5. The topological polar surface area (TPSA) is 29.7 Å². The van der Waals surface area contributed by atoms with E-state index in [2.05, 4.69) is 178 Å². The van der Waals surface area contributed by atoms with Gasteiger partial charge in [-0.25, -0.2) is 4.57 Å². The first-order valence-electron chi connectivity index (χ1n) is 16.5. The second-order valence-corrected chi connectivity index (χ2v) is 13.8. The minimum atomic E-state index is 0. The number of aryl methyl sites for hydroxylation is 1. The fourth-order valence-corrected chi connectivity index (χ4v) is 6.96. The highest BCUT2D eigenvalue weighted by Crippen LogP contribution is 2.39. The Balaban J connectivity index is 0.00000243. The van der Waals surface area contributed by atoms with Gasteiger partial charge in [0, 0.05) is 23.3 Å². The zero-order valence-corrected chi connectivity index (χ0v) is 32.5. The zero-order chi connectivity index (χ0) is 32.9. The van der Waals surface area contributed by atoms with Crippen molar-refractivity contribution in [2.75, 3.05) is 27.7 Å². The van der Waals surface area contributed by atoms with Crippen molar-refractivity contribution in [2.24, 2.45) is 0 Å². The van der Waals surface area contributed by atoms with Gasteiger partial charge < -0.3 is 38.4 Å². The van der Waals surface area contributed by atoms with Crippen molar-refractivity contribution in [3.8, 4) is 22.3 Å². The lowest BCUT2D eigenvalue weighted by Crippen LogP contribution is -3.00. The van der Waals surface area contributed by atoms with Gasteiger partial charge in [-0.3, -0.25) is 0 Å². The van der Waals surface area contributed by atoms with Crippen molar-refractivity contribution in [1.29, 1.82) is 0 Å². The predicted molar refractivity (Wildman–Crippen MR) is 200 cm³/mol. The Morgan fingerprint density at radius 2 is 0.920 bits per heavy atom. The first-order chi connectivity index (χ1) is 23.4. The van der Waals surface area contributed by atoms with Crippen LogP contribution < -0.4 is 38.5 Å². The van der Waals surface area contributed by atoms with Gasteiger partial charge in [0.15, 0.2) is 18.9 Å². The number of rotatable bonds is 10. The van der Waals surface area contributed by atoms with Gasteiger partial charge in [0.25, 0.3) is 0 Å². The molecule has 252 valence electrons. The highest BCUT2D eigenvalue weighted by Gasteiger charge is 2.18. The molecule has 2 heterocycles. The van der Waals surface area contributed by atoms with Crippen LogP contribution in [0.3, 0.4) is 0 Å². The molecule has 0 saturated heterocycles. The lowest BCUT2D eigenvalue weighted by Gasteiger charge is -2.22. The van der Waals surface area contributed by atoms with Crippen LogP contribution in [-0.4, -0.2) is 40.9 Å². The SMILES string of the molecule is C[N+](C)(C)CCC[n+]1ccc(-c2ccc(-c3ccc(C(=C(c4ccccc4)c4ccccc4)c4ccccc4)cc3)c3nsnc23)cc1.[Br-].[Br-]. The third-order valence-electron chi connectivity index (χ3n) is 8.78. The van der Waals surface area contributed by atoms with E-state index in [0.717, 1.165) is 62.8 Å². The summed E-state index contributed by atoms with van der Waals surface area (Å²) < 4.78 is 12.8. The molecule has 5 aromatic carbocycles. The Kier molecular flexibility index (Phi) is 12.3. The standard InChI is InChI=1S/C43H40N4S.2BrH/c1-47(2,3)31-13-28-46-29-26-33(27-30-46)39-25-24-38(42-43(39)45-48-44-42)32-20-22-37(23-21-32)41(36-18-11-6-12-19-36)40(34-14-7-4-8-15-34)35-16-9-5-10-17-35;;/h4-12,14-27,29-30H,13,28,31H2,1-3H3;2*1H/q+2;;/p-2. The maximum absolute atomic E-state index is 4.79. The van der Waals surface area contributed by atoms with E-state index in [-0.39, 0.29) is 34.0 Å². The molecule has 7 heteroatoms. The summed E-state index contributed by atoms with van der Waals surface area (Å²) in [6.45, 7) is 2.16. The quantitative estimate of drug-likeness (QED) is 0.121. The average molecular weight is 805 g/mol. The minimum absolute atomic E-state index is 0. The van der Waals surface area contributed by atoms with Crippen LogP contribution in [-0.2, 0) is 6.54 Å². The first-order valence-corrected chi connectivity index (χ1v) is 17.2. The summed E-state index contributed by atoms with van der Waals surface area (Å²) in [6.07, 6.45) is 5.50. The molecule has 0 fully saturated rings. The van der Waals surface area contributed by atoms with Crippen molar-refractivity contribution in [1.82, 2.24) is 8.75 Å². The van der Waals surface area contributed by atoms with Crippen LogP contribution in [0.5, 0.6) is 0 Å². The Hall–Kier alpha value is -4.27. The predicted octanol–water partition coefficient (Wildman–Crippen LogP) is 3.42. The van der Waals surface area contributed by atoms with Gasteiger partial charge in [0.05, 0.1) is 45.8 Å². The minimum Gasteiger partial charge on any atom is -1.00 e. The summed E-state index contributed by atoms with van der Waals surface area (Å²) in [5, 5.41) is 0. The van der Waals surface area contributed by atoms with Gasteiger partial charge in [0.2, 0.25) is 0 Å². The van der Waals surface area contributed by atoms with Crippen LogP contribution in [0.25, 0.3) is 44.4 Å². The first kappa shape index (κ1) is 37.0. The summed E-state index contributed by atoms with van der Waals surface area (Å²) in [5.74, 6) is 0. The molecular weight excluding hydrogens is 764 g/mol. The van der Waals surface area contributed by atoms with Gasteiger partial charge in [-0.05, 0) is 44.5 Å². The van der Waals surface area contributed by atoms with Gasteiger partial charge in [0.1, 0.15) is 11.0 Å². The molecule has 0 N–H and O–H groups in total. The van der Waals surface area contributed by atoms with E-state index in [0.29, 0.717) is 0 Å². The monoisotopic (exact) mass is 802 g/mol. The lowest BCUT2D eigenvalue weighted by atomic mass is 9.85. The Labute approximate surface area is 320 Å². The molecule has 0 saturated carbocycles. The number of benzene rings is 5. The van der Waals surface area contributed by atoms with Gasteiger partial charge >= 0.3 is 0 Å². The van der Waals surface area contributed by atoms with E-state index in [1.54, 1.807) is 0 Å². The van der Waals surface area contributed by atoms with Crippen molar-refractivity contribution in [3.63, 3.8) is 0 Å². The van der Waals surface area contributed by atoms with Crippen LogP contribution in [0.4, 0.5) is 0 Å². The second kappa shape index (κ2) is 16.6. The van der Waals surface area contributed by atoms with E-state index in [4.69, 9.17) is 8.75 Å². The van der Waals surface area contributed by atoms with E-state index in [1.807, 2.05) is 0 Å². The number of aromatic nitrogens is 3. The molecule has 4 nitrogen and oxygen atoms in total. The molecule has 0 aliphatic rings. The summed E-state index contributed by atoms with van der Waals surface area (Å²) in [7, 11) is 6.73. The fraction of sp³-hybridized carbons (Fsp3) is 0.140. The highest BCUT2D eigenvalue weighted by molar-refractivity contribution is 7.00. The summed E-state index contributed by atoms with van der Waals surface area (Å²) in [6, 6.07) is 49.8. The third-order valence-corrected chi connectivity index (χ3v) is 9.31. The van der Waals surface area contributed by atoms with Crippen LogP contribution in [0, 0.1) is 0 Å². The maximum Gasteiger partial charge on any atom is 0.169 e. The van der Waals surface area contributed by atoms with Crippen molar-refractivity contribution in [2.45, 2.75) is 13.0 Å². The Bertz CT molecular complexity index is 2120. The molecule has 0 bridgehead atoms. The molecule has 0 amide bonds. The number of pyridine rings is 1. The molecule has 2 aromatic heterocycles. The number of quaternary nitrogens is 1. The van der Waals surface area contributed by atoms with Crippen molar-refractivity contribution < 1.29 is 43.0 Å². The van der Waals surface area contributed by atoms with E-state index < -0.39 is 0 Å². The van der Waals surface area contributed by atoms with Gasteiger partial charge in [-0.1, -0.05) is 127 Å². The van der Waals surface area contributed by atoms with E-state index >= 15 is 0 Å². The largest absolute Gasteiger partial charge is 1.00 e. The van der Waals surface area contributed by atoms with Gasteiger partial charge in [-0.15, -0.1) is 0 Å². The maximum atomic E-state index is 4.79. The number of hydrogen-bond donors (Lipinski definition) is 0.